The zero-order chi connectivity index (χ0) is 18.2. The first-order valence-electron chi connectivity index (χ1n) is 8.45. The lowest BCUT2D eigenvalue weighted by Crippen LogP contribution is -2.62. The lowest BCUT2D eigenvalue weighted by molar-refractivity contribution is -0.0508. The van der Waals surface area contributed by atoms with Crippen molar-refractivity contribution in [1.29, 1.82) is 0 Å². The molecule has 2 fully saturated rings. The zero-order valence-electron chi connectivity index (χ0n) is 14.3. The van der Waals surface area contributed by atoms with Crippen LogP contribution < -0.4 is 0 Å². The van der Waals surface area contributed by atoms with E-state index >= 15 is 0 Å². The molecule has 0 unspecified atom stereocenters. The molecule has 2 saturated heterocycles. The van der Waals surface area contributed by atoms with E-state index in [9.17, 15) is 18.3 Å². The first-order valence-corrected chi connectivity index (χ1v) is 9.89. The molecule has 2 aliphatic rings. The van der Waals surface area contributed by atoms with Crippen LogP contribution in [0.4, 0.5) is 0 Å². The van der Waals surface area contributed by atoms with E-state index in [4.69, 9.17) is 5.11 Å². The molecule has 138 valence electrons. The van der Waals surface area contributed by atoms with Crippen LogP contribution in [0, 0.1) is 5.41 Å². The second-order valence-electron chi connectivity index (χ2n) is 7.06. The number of carbonyl (C=O) groups is 1. The highest BCUT2D eigenvalue weighted by molar-refractivity contribution is 7.89. The summed E-state index contributed by atoms with van der Waals surface area (Å²) in [6, 6.07) is 5.30. The van der Waals surface area contributed by atoms with Crippen molar-refractivity contribution < 1.29 is 23.4 Å². The molecule has 7 nitrogen and oxygen atoms in total. The minimum atomic E-state index is -3.68. The van der Waals surface area contributed by atoms with Crippen LogP contribution in [0.3, 0.4) is 0 Å². The lowest BCUT2D eigenvalue weighted by Gasteiger charge is -2.53. The van der Waals surface area contributed by atoms with Gasteiger partial charge in [0.15, 0.2) is 0 Å². The second kappa shape index (κ2) is 6.68. The molecule has 8 heteroatoms. The van der Waals surface area contributed by atoms with E-state index in [1.807, 2.05) is 7.05 Å². The predicted molar refractivity (Wildman–Crippen MR) is 91.9 cm³/mol. The van der Waals surface area contributed by atoms with Crippen LogP contribution in [0.2, 0.25) is 0 Å². The van der Waals surface area contributed by atoms with Crippen LogP contribution in [0.15, 0.2) is 29.2 Å². The number of nitrogens with zero attached hydrogens (tertiary/aromatic N) is 2. The van der Waals surface area contributed by atoms with E-state index < -0.39 is 16.0 Å². The molecule has 0 radical (unpaired) electrons. The molecule has 0 amide bonds. The highest BCUT2D eigenvalue weighted by atomic mass is 32.2. The summed E-state index contributed by atoms with van der Waals surface area (Å²) in [5.41, 5.74) is -0.171. The van der Waals surface area contributed by atoms with E-state index in [0.717, 1.165) is 19.4 Å². The number of likely N-dealkylation sites (tertiary alicyclic amines) is 1. The molecular formula is C17H24N2O5S. The predicted octanol–water partition coefficient (Wildman–Crippen LogP) is 0.852. The molecule has 1 aromatic rings. The van der Waals surface area contributed by atoms with Gasteiger partial charge in [0.25, 0.3) is 0 Å². The molecule has 25 heavy (non-hydrogen) atoms. The summed E-state index contributed by atoms with van der Waals surface area (Å²) in [4.78, 5) is 13.2. The van der Waals surface area contributed by atoms with Gasteiger partial charge < -0.3 is 15.1 Å². The fraction of sp³-hybridized carbons (Fsp3) is 0.588. The van der Waals surface area contributed by atoms with E-state index in [1.165, 1.54) is 28.6 Å². The van der Waals surface area contributed by atoms with Gasteiger partial charge in [-0.05, 0) is 57.1 Å². The lowest BCUT2D eigenvalue weighted by atomic mass is 9.69. The number of hydrogen-bond donors (Lipinski definition) is 2. The van der Waals surface area contributed by atoms with Crippen molar-refractivity contribution in [3.8, 4) is 0 Å². The molecule has 0 aromatic heterocycles. The van der Waals surface area contributed by atoms with Gasteiger partial charge in [-0.1, -0.05) is 0 Å². The summed E-state index contributed by atoms with van der Waals surface area (Å²) < 4.78 is 27.3. The number of aromatic carboxylic acids is 1. The highest BCUT2D eigenvalue weighted by Crippen LogP contribution is 2.42. The van der Waals surface area contributed by atoms with Crippen molar-refractivity contribution in [2.75, 3.05) is 33.3 Å². The van der Waals surface area contributed by atoms with E-state index in [1.54, 1.807) is 0 Å². The van der Waals surface area contributed by atoms with Crippen LogP contribution in [0.1, 0.15) is 29.6 Å². The number of rotatable bonds is 4. The fourth-order valence-electron chi connectivity index (χ4n) is 4.13. The molecule has 0 aliphatic carbocycles. The van der Waals surface area contributed by atoms with E-state index in [-0.39, 0.29) is 28.5 Å². The van der Waals surface area contributed by atoms with Crippen LogP contribution in [0.25, 0.3) is 0 Å². The first kappa shape index (κ1) is 18.3. The number of carboxylic acid groups (broad SMARTS) is 1. The molecule has 2 N–H and O–H groups in total. The van der Waals surface area contributed by atoms with Crippen LogP contribution in [-0.4, -0.2) is 73.1 Å². The highest BCUT2D eigenvalue weighted by Gasteiger charge is 2.48. The molecule has 3 rings (SSSR count). The Bertz CT molecular complexity index is 749. The van der Waals surface area contributed by atoms with Gasteiger partial charge in [-0.25, -0.2) is 13.2 Å². The van der Waals surface area contributed by atoms with Gasteiger partial charge in [0.05, 0.1) is 17.1 Å². The number of piperidine rings is 2. The SMILES string of the molecule is CN1CCC[C@]2(CO)CCN(S(=O)(=O)c3ccc(C(=O)O)cc3)C[C@@H]12. The van der Waals surface area contributed by atoms with Crippen molar-refractivity contribution in [2.45, 2.75) is 30.2 Å². The molecule has 2 atom stereocenters. The van der Waals surface area contributed by atoms with Gasteiger partial charge in [-0.3, -0.25) is 0 Å². The Morgan fingerprint density at radius 2 is 1.92 bits per heavy atom. The normalized spacial score (nSPS) is 28.5. The maximum atomic E-state index is 12.9. The number of sulfonamides is 1. The van der Waals surface area contributed by atoms with Gasteiger partial charge in [-0.2, -0.15) is 4.31 Å². The monoisotopic (exact) mass is 368 g/mol. The van der Waals surface area contributed by atoms with Gasteiger partial charge >= 0.3 is 5.97 Å². The number of hydrogen-bond acceptors (Lipinski definition) is 5. The summed E-state index contributed by atoms with van der Waals surface area (Å²) in [6.07, 6.45) is 2.56. The number of aliphatic hydroxyl groups excluding tert-OH is 1. The summed E-state index contributed by atoms with van der Waals surface area (Å²) in [7, 11) is -1.70. The Hall–Kier alpha value is -1.48. The van der Waals surface area contributed by atoms with Gasteiger partial charge in [0.2, 0.25) is 10.0 Å². The molecule has 0 saturated carbocycles. The topological polar surface area (TPSA) is 98.2 Å². The molecule has 1 aromatic carbocycles. The third-order valence-electron chi connectivity index (χ3n) is 5.71. The number of benzene rings is 1. The maximum absolute atomic E-state index is 12.9. The third-order valence-corrected chi connectivity index (χ3v) is 7.59. The first-order chi connectivity index (χ1) is 11.8. The van der Waals surface area contributed by atoms with E-state index in [2.05, 4.69) is 4.90 Å². The fourth-order valence-corrected chi connectivity index (χ4v) is 5.57. The average molecular weight is 368 g/mol. The van der Waals surface area contributed by atoms with Crippen molar-refractivity contribution in [3.63, 3.8) is 0 Å². The van der Waals surface area contributed by atoms with Crippen LogP contribution in [0.5, 0.6) is 0 Å². The quantitative estimate of drug-likeness (QED) is 0.818. The number of aliphatic hydroxyl groups is 1. The third kappa shape index (κ3) is 3.19. The minimum Gasteiger partial charge on any atom is -0.478 e. The Balaban J connectivity index is 1.85. The van der Waals surface area contributed by atoms with E-state index in [0.29, 0.717) is 19.5 Å². The Morgan fingerprint density at radius 1 is 1.24 bits per heavy atom. The number of fused-ring (bicyclic) bond motifs is 1. The van der Waals surface area contributed by atoms with Crippen molar-refractivity contribution in [1.82, 2.24) is 9.21 Å². The molecular weight excluding hydrogens is 344 g/mol. The number of carboxylic acids is 1. The van der Waals surface area contributed by atoms with Gasteiger partial charge in [0, 0.05) is 24.5 Å². The maximum Gasteiger partial charge on any atom is 0.335 e. The van der Waals surface area contributed by atoms with Crippen molar-refractivity contribution in [2.24, 2.45) is 5.41 Å². The second-order valence-corrected chi connectivity index (χ2v) is 9.00. The van der Waals surface area contributed by atoms with Crippen LogP contribution >= 0.6 is 0 Å². The Kier molecular flexibility index (Phi) is 4.89. The van der Waals surface area contributed by atoms with Crippen molar-refractivity contribution >= 4 is 16.0 Å². The summed E-state index contributed by atoms with van der Waals surface area (Å²) in [6.45, 7) is 1.69. The van der Waals surface area contributed by atoms with Gasteiger partial charge in [0.1, 0.15) is 0 Å². The molecule has 2 heterocycles. The molecule has 0 spiro atoms. The molecule has 0 bridgehead atoms. The smallest absolute Gasteiger partial charge is 0.335 e. The molecule has 2 aliphatic heterocycles. The summed E-state index contributed by atoms with van der Waals surface area (Å²) in [5.74, 6) is -1.08. The van der Waals surface area contributed by atoms with Crippen LogP contribution in [-0.2, 0) is 10.0 Å². The van der Waals surface area contributed by atoms with Gasteiger partial charge in [-0.15, -0.1) is 0 Å². The zero-order valence-corrected chi connectivity index (χ0v) is 15.1. The standard InChI is InChI=1S/C17H24N2O5S/c1-18-9-2-7-17(12-20)8-10-19(11-15(17)18)25(23,24)14-5-3-13(4-6-14)16(21)22/h3-6,15,20H,2,7-12H2,1H3,(H,21,22)/t15-,17-/m1/s1. The number of likely N-dealkylation sites (N-methyl/N-ethyl adjacent to an activating group) is 1. The van der Waals surface area contributed by atoms with Crippen molar-refractivity contribution in [3.05, 3.63) is 29.8 Å². The average Bonchev–Trinajstić information content (AvgIpc) is 2.61. The Labute approximate surface area is 147 Å². The largest absolute Gasteiger partial charge is 0.478 e. The summed E-state index contributed by atoms with van der Waals surface area (Å²) in [5, 5.41) is 18.9. The summed E-state index contributed by atoms with van der Waals surface area (Å²) >= 11 is 0. The Morgan fingerprint density at radius 3 is 2.52 bits per heavy atom. The minimum absolute atomic E-state index is 0.00642.